The van der Waals surface area contributed by atoms with E-state index < -0.39 is 11.9 Å². The number of nitrogens with zero attached hydrogens (tertiary/aromatic N) is 1. The van der Waals surface area contributed by atoms with Gasteiger partial charge in [-0.2, -0.15) is 5.26 Å². The van der Waals surface area contributed by atoms with Crippen molar-refractivity contribution >= 4 is 11.9 Å². The zero-order valence-electron chi connectivity index (χ0n) is 8.99. The molecule has 84 valence electrons. The lowest BCUT2D eigenvalue weighted by atomic mass is 10.1. The zero-order valence-corrected chi connectivity index (χ0v) is 8.99. The van der Waals surface area contributed by atoms with Gasteiger partial charge in [0.05, 0.1) is 19.3 Å². The van der Waals surface area contributed by atoms with E-state index in [0.717, 1.165) is 0 Å². The standard InChI is InChI=1S/C10H15NO4/c1-3-14-9(12)6-10(13)15-5-4-8(2)7-11/h8H,3-6H2,1-2H3. The first kappa shape index (κ1) is 13.4. The monoisotopic (exact) mass is 213 g/mol. The average Bonchev–Trinajstić information content (AvgIpc) is 2.17. The zero-order chi connectivity index (χ0) is 11.7. The Labute approximate surface area is 89.0 Å². The lowest BCUT2D eigenvalue weighted by Gasteiger charge is -2.05. The van der Waals surface area contributed by atoms with Crippen molar-refractivity contribution in [2.45, 2.75) is 26.7 Å². The Bertz CT molecular complexity index is 257. The van der Waals surface area contributed by atoms with Gasteiger partial charge in [0, 0.05) is 5.92 Å². The van der Waals surface area contributed by atoms with Crippen molar-refractivity contribution in [3.8, 4) is 6.07 Å². The van der Waals surface area contributed by atoms with Gasteiger partial charge >= 0.3 is 11.9 Å². The van der Waals surface area contributed by atoms with Crippen molar-refractivity contribution < 1.29 is 19.1 Å². The number of carbonyl (C=O) groups is 2. The second-order valence-electron chi connectivity index (χ2n) is 3.02. The number of ether oxygens (including phenoxy) is 2. The van der Waals surface area contributed by atoms with Gasteiger partial charge in [-0.05, 0) is 20.3 Å². The third-order valence-electron chi connectivity index (χ3n) is 1.63. The maximum atomic E-state index is 11.0. The maximum Gasteiger partial charge on any atom is 0.317 e. The first-order chi connectivity index (χ1) is 7.10. The van der Waals surface area contributed by atoms with Gasteiger partial charge in [-0.1, -0.05) is 0 Å². The van der Waals surface area contributed by atoms with Crippen LogP contribution in [0.3, 0.4) is 0 Å². The van der Waals surface area contributed by atoms with Gasteiger partial charge in [0.2, 0.25) is 0 Å². The van der Waals surface area contributed by atoms with Gasteiger partial charge in [-0.15, -0.1) is 0 Å². The Morgan fingerprint density at radius 3 is 2.47 bits per heavy atom. The molecular weight excluding hydrogens is 198 g/mol. The normalized spacial score (nSPS) is 11.3. The van der Waals surface area contributed by atoms with E-state index in [1.165, 1.54) is 0 Å². The minimum atomic E-state index is -0.612. The van der Waals surface area contributed by atoms with Gasteiger partial charge in [-0.25, -0.2) is 0 Å². The van der Waals surface area contributed by atoms with E-state index in [2.05, 4.69) is 4.74 Å². The van der Waals surface area contributed by atoms with Crippen LogP contribution in [0.25, 0.3) is 0 Å². The van der Waals surface area contributed by atoms with Crippen LogP contribution in [-0.4, -0.2) is 25.2 Å². The Hall–Kier alpha value is -1.57. The first-order valence-corrected chi connectivity index (χ1v) is 4.81. The summed E-state index contributed by atoms with van der Waals surface area (Å²) >= 11 is 0. The molecule has 0 aromatic rings. The molecule has 15 heavy (non-hydrogen) atoms. The predicted octanol–water partition coefficient (Wildman–Crippen LogP) is 1.03. The molecule has 5 heteroatoms. The van der Waals surface area contributed by atoms with Crippen molar-refractivity contribution in [1.82, 2.24) is 0 Å². The number of carbonyl (C=O) groups excluding carboxylic acids is 2. The molecule has 1 unspecified atom stereocenters. The van der Waals surface area contributed by atoms with Gasteiger partial charge in [-0.3, -0.25) is 9.59 Å². The number of nitriles is 1. The highest BCUT2D eigenvalue weighted by molar-refractivity contribution is 5.91. The molecule has 5 nitrogen and oxygen atoms in total. The Kier molecular flexibility index (Phi) is 6.98. The smallest absolute Gasteiger partial charge is 0.317 e. The van der Waals surface area contributed by atoms with Crippen LogP contribution < -0.4 is 0 Å². The number of hydrogen-bond acceptors (Lipinski definition) is 5. The summed E-state index contributed by atoms with van der Waals surface area (Å²) < 4.78 is 9.31. The fourth-order valence-electron chi connectivity index (χ4n) is 0.795. The van der Waals surface area contributed by atoms with Crippen LogP contribution in [0.4, 0.5) is 0 Å². The first-order valence-electron chi connectivity index (χ1n) is 4.81. The Balaban J connectivity index is 3.58. The molecule has 0 saturated carbocycles. The van der Waals surface area contributed by atoms with Crippen LogP contribution in [0.5, 0.6) is 0 Å². The third-order valence-corrected chi connectivity index (χ3v) is 1.63. The van der Waals surface area contributed by atoms with Crippen LogP contribution in [0.1, 0.15) is 26.7 Å². The van der Waals surface area contributed by atoms with Crippen LogP contribution in [0.15, 0.2) is 0 Å². The summed E-state index contributed by atoms with van der Waals surface area (Å²) in [5.41, 5.74) is 0. The second kappa shape index (κ2) is 7.80. The minimum absolute atomic E-state index is 0.152. The van der Waals surface area contributed by atoms with Gasteiger partial charge in [0.25, 0.3) is 0 Å². The van der Waals surface area contributed by atoms with E-state index in [9.17, 15) is 9.59 Å². The predicted molar refractivity (Wildman–Crippen MR) is 51.6 cm³/mol. The van der Waals surface area contributed by atoms with Crippen LogP contribution in [0, 0.1) is 17.2 Å². The quantitative estimate of drug-likeness (QED) is 0.486. The summed E-state index contributed by atoms with van der Waals surface area (Å²) in [6.07, 6.45) is 0.111. The Morgan fingerprint density at radius 2 is 1.93 bits per heavy atom. The molecule has 0 aliphatic carbocycles. The molecule has 1 atom stereocenters. The largest absolute Gasteiger partial charge is 0.466 e. The van der Waals surface area contributed by atoms with E-state index in [1.54, 1.807) is 13.8 Å². The fourth-order valence-corrected chi connectivity index (χ4v) is 0.795. The molecule has 0 saturated heterocycles. The molecule has 0 aromatic carbocycles. The highest BCUT2D eigenvalue weighted by atomic mass is 16.6. The van der Waals surface area contributed by atoms with Crippen molar-refractivity contribution in [3.63, 3.8) is 0 Å². The highest BCUT2D eigenvalue weighted by Crippen LogP contribution is 2.00. The molecule has 0 aromatic heterocycles. The fraction of sp³-hybridized carbons (Fsp3) is 0.700. The van der Waals surface area contributed by atoms with E-state index in [-0.39, 0.29) is 25.6 Å². The third kappa shape index (κ3) is 7.50. The van der Waals surface area contributed by atoms with E-state index in [1.807, 2.05) is 6.07 Å². The molecule has 0 bridgehead atoms. The number of esters is 2. The molecule has 0 N–H and O–H groups in total. The van der Waals surface area contributed by atoms with Gasteiger partial charge < -0.3 is 9.47 Å². The molecular formula is C10H15NO4. The van der Waals surface area contributed by atoms with Crippen molar-refractivity contribution in [3.05, 3.63) is 0 Å². The molecule has 0 heterocycles. The van der Waals surface area contributed by atoms with Gasteiger partial charge in [0.1, 0.15) is 6.42 Å². The molecule has 0 spiro atoms. The summed E-state index contributed by atoms with van der Waals surface area (Å²) in [4.78, 5) is 21.8. The summed E-state index contributed by atoms with van der Waals surface area (Å²) in [7, 11) is 0. The number of rotatable bonds is 6. The van der Waals surface area contributed by atoms with Crippen molar-refractivity contribution in [2.24, 2.45) is 5.92 Å². The summed E-state index contributed by atoms with van der Waals surface area (Å²) in [6, 6.07) is 2.02. The van der Waals surface area contributed by atoms with E-state index in [4.69, 9.17) is 10.00 Å². The Morgan fingerprint density at radius 1 is 1.33 bits per heavy atom. The summed E-state index contributed by atoms with van der Waals surface area (Å²) in [5.74, 6) is -1.35. The second-order valence-corrected chi connectivity index (χ2v) is 3.02. The molecule has 0 fully saturated rings. The van der Waals surface area contributed by atoms with E-state index in [0.29, 0.717) is 6.42 Å². The molecule has 0 rings (SSSR count). The summed E-state index contributed by atoms with van der Waals surface area (Å²) in [5, 5.41) is 8.45. The minimum Gasteiger partial charge on any atom is -0.466 e. The molecule has 0 aliphatic rings. The van der Waals surface area contributed by atoms with Crippen LogP contribution in [-0.2, 0) is 19.1 Å². The topological polar surface area (TPSA) is 76.4 Å². The summed E-state index contributed by atoms with van der Waals surface area (Å²) in [6.45, 7) is 3.81. The SMILES string of the molecule is CCOC(=O)CC(=O)OCCC(C)C#N. The molecule has 0 amide bonds. The molecule has 0 radical (unpaired) electrons. The van der Waals surface area contributed by atoms with Crippen molar-refractivity contribution in [1.29, 1.82) is 5.26 Å². The van der Waals surface area contributed by atoms with E-state index >= 15 is 0 Å². The number of hydrogen-bond donors (Lipinski definition) is 0. The van der Waals surface area contributed by atoms with Crippen LogP contribution >= 0.6 is 0 Å². The maximum absolute atomic E-state index is 11.0. The lowest BCUT2D eigenvalue weighted by Crippen LogP contribution is -2.15. The molecule has 0 aliphatic heterocycles. The van der Waals surface area contributed by atoms with Crippen LogP contribution in [0.2, 0.25) is 0 Å². The average molecular weight is 213 g/mol. The van der Waals surface area contributed by atoms with Gasteiger partial charge in [0.15, 0.2) is 0 Å². The highest BCUT2D eigenvalue weighted by Gasteiger charge is 2.11. The lowest BCUT2D eigenvalue weighted by molar-refractivity contribution is -0.154. The van der Waals surface area contributed by atoms with Crippen molar-refractivity contribution in [2.75, 3.05) is 13.2 Å².